The van der Waals surface area contributed by atoms with Crippen LogP contribution in [-0.4, -0.2) is 23.6 Å². The van der Waals surface area contributed by atoms with Crippen molar-refractivity contribution in [3.05, 3.63) is 80.4 Å². The summed E-state index contributed by atoms with van der Waals surface area (Å²) < 4.78 is 0. The average molecular weight is 339 g/mol. The summed E-state index contributed by atoms with van der Waals surface area (Å²) >= 11 is 1.66. The second-order valence-electron chi connectivity index (χ2n) is 5.88. The molecule has 0 saturated carbocycles. The van der Waals surface area contributed by atoms with Crippen LogP contribution in [0.2, 0.25) is 0 Å². The molecule has 0 aliphatic carbocycles. The zero-order valence-corrected chi connectivity index (χ0v) is 14.6. The summed E-state index contributed by atoms with van der Waals surface area (Å²) in [6.07, 6.45) is 2.72. The van der Waals surface area contributed by atoms with Gasteiger partial charge in [0.2, 0.25) is 5.95 Å². The maximum absolute atomic E-state index is 11.9. The molecule has 0 spiro atoms. The minimum atomic E-state index is -0.0971. The highest BCUT2D eigenvalue weighted by Crippen LogP contribution is 2.12. The lowest BCUT2D eigenvalue weighted by Gasteiger charge is -2.18. The Morgan fingerprint density at radius 2 is 2.00 bits per heavy atom. The summed E-state index contributed by atoms with van der Waals surface area (Å²) in [5.74, 6) is 0.640. The van der Waals surface area contributed by atoms with Crippen molar-refractivity contribution in [1.29, 1.82) is 0 Å². The number of aryl methyl sites for hydroxylation is 1. The molecule has 0 unspecified atom stereocenters. The number of benzene rings is 1. The molecule has 0 atom stereocenters. The van der Waals surface area contributed by atoms with E-state index in [4.69, 9.17) is 0 Å². The summed E-state index contributed by atoms with van der Waals surface area (Å²) in [4.78, 5) is 21.4. The number of hydrogen-bond donors (Lipinski definition) is 1. The van der Waals surface area contributed by atoms with Gasteiger partial charge in [0.25, 0.3) is 5.56 Å². The van der Waals surface area contributed by atoms with Crippen molar-refractivity contribution in [2.24, 2.45) is 0 Å². The Hall–Kier alpha value is -2.40. The minimum absolute atomic E-state index is 0.0971. The molecule has 0 aliphatic rings. The minimum Gasteiger partial charge on any atom is -0.345 e. The van der Waals surface area contributed by atoms with Crippen molar-refractivity contribution in [2.45, 2.75) is 19.3 Å². The van der Waals surface area contributed by atoms with Crippen LogP contribution < -0.4 is 10.5 Å². The van der Waals surface area contributed by atoms with Crippen LogP contribution in [-0.2, 0) is 12.8 Å². The molecule has 1 N–H and O–H groups in total. The fourth-order valence-corrected chi connectivity index (χ4v) is 3.31. The van der Waals surface area contributed by atoms with Crippen LogP contribution in [0, 0.1) is 0 Å². The van der Waals surface area contributed by atoms with Crippen molar-refractivity contribution in [2.75, 3.05) is 18.5 Å². The van der Waals surface area contributed by atoms with Crippen LogP contribution in [0.1, 0.15) is 23.2 Å². The fourth-order valence-electron chi connectivity index (χ4n) is 2.64. The molecule has 2 aromatic heterocycles. The first-order valence-corrected chi connectivity index (χ1v) is 9.01. The van der Waals surface area contributed by atoms with Gasteiger partial charge >= 0.3 is 0 Å². The van der Waals surface area contributed by atoms with Gasteiger partial charge in [0.1, 0.15) is 0 Å². The number of H-pyrrole nitrogens is 1. The lowest BCUT2D eigenvalue weighted by Crippen LogP contribution is -2.25. The molecule has 3 aromatic rings. The Morgan fingerprint density at radius 3 is 2.75 bits per heavy atom. The lowest BCUT2D eigenvalue weighted by molar-refractivity contribution is 0.760. The summed E-state index contributed by atoms with van der Waals surface area (Å²) in [6, 6.07) is 14.1. The van der Waals surface area contributed by atoms with Crippen molar-refractivity contribution >= 4 is 17.3 Å². The van der Waals surface area contributed by atoms with Crippen molar-refractivity contribution in [3.63, 3.8) is 0 Å². The van der Waals surface area contributed by atoms with Gasteiger partial charge in [0.05, 0.1) is 5.69 Å². The average Bonchev–Trinajstić information content (AvgIpc) is 3.08. The molecule has 5 heteroatoms. The monoisotopic (exact) mass is 339 g/mol. The molecule has 0 aliphatic heterocycles. The van der Waals surface area contributed by atoms with Gasteiger partial charge in [-0.05, 0) is 40.8 Å². The van der Waals surface area contributed by atoms with E-state index in [1.165, 1.54) is 11.1 Å². The van der Waals surface area contributed by atoms with Gasteiger partial charge in [-0.2, -0.15) is 11.3 Å². The number of thiophene rings is 1. The van der Waals surface area contributed by atoms with E-state index in [1.54, 1.807) is 17.4 Å². The number of rotatable bonds is 7. The van der Waals surface area contributed by atoms with E-state index in [-0.39, 0.29) is 5.56 Å². The van der Waals surface area contributed by atoms with E-state index >= 15 is 0 Å². The van der Waals surface area contributed by atoms with E-state index < -0.39 is 0 Å². The normalized spacial score (nSPS) is 10.7. The van der Waals surface area contributed by atoms with Gasteiger partial charge in [0, 0.05) is 26.1 Å². The van der Waals surface area contributed by atoms with Crippen molar-refractivity contribution < 1.29 is 0 Å². The summed E-state index contributed by atoms with van der Waals surface area (Å²) in [5.41, 5.74) is 3.23. The van der Waals surface area contributed by atoms with E-state index in [1.807, 2.05) is 23.4 Å². The third kappa shape index (κ3) is 4.55. The predicted molar refractivity (Wildman–Crippen MR) is 100 cm³/mol. The Bertz CT molecular complexity index is 812. The Balaban J connectivity index is 1.62. The van der Waals surface area contributed by atoms with Crippen molar-refractivity contribution in [1.82, 2.24) is 9.97 Å². The molecule has 3 rings (SSSR count). The first-order valence-electron chi connectivity index (χ1n) is 8.07. The summed E-state index contributed by atoms with van der Waals surface area (Å²) in [6.45, 7) is 0.847. The molecule has 0 radical (unpaired) electrons. The molecule has 0 fully saturated rings. The number of aromatic nitrogens is 2. The molecule has 1 aromatic carbocycles. The van der Waals surface area contributed by atoms with E-state index in [2.05, 4.69) is 45.7 Å². The second kappa shape index (κ2) is 7.93. The lowest BCUT2D eigenvalue weighted by atomic mass is 10.1. The first kappa shape index (κ1) is 16.5. The molecule has 0 saturated heterocycles. The third-order valence-corrected chi connectivity index (χ3v) is 4.64. The molecule has 124 valence electrons. The van der Waals surface area contributed by atoms with Crippen LogP contribution in [0.5, 0.6) is 0 Å². The highest BCUT2D eigenvalue weighted by Gasteiger charge is 2.07. The number of aromatic amines is 1. The quantitative estimate of drug-likeness (QED) is 0.717. The maximum atomic E-state index is 11.9. The van der Waals surface area contributed by atoms with Gasteiger partial charge in [-0.15, -0.1) is 0 Å². The third-order valence-electron chi connectivity index (χ3n) is 3.91. The molecular weight excluding hydrogens is 318 g/mol. The highest BCUT2D eigenvalue weighted by atomic mass is 32.1. The standard InChI is InChI=1S/C19H21N3OS/c1-22(10-5-8-15-6-3-2-4-7-15)19-20-17(13-18(23)21-19)12-16-9-11-24-14-16/h2-4,6-7,9,11,13-14H,5,8,10,12H2,1H3,(H,20,21,23). The van der Waals surface area contributed by atoms with Crippen LogP contribution in [0.15, 0.2) is 58.0 Å². The SMILES string of the molecule is CN(CCCc1ccccc1)c1nc(Cc2ccsc2)cc(=O)[nH]1. The summed E-state index contributed by atoms with van der Waals surface area (Å²) in [5, 5.41) is 4.13. The van der Waals surface area contributed by atoms with Gasteiger partial charge < -0.3 is 4.90 Å². The highest BCUT2D eigenvalue weighted by molar-refractivity contribution is 7.07. The number of nitrogens with one attached hydrogen (secondary N) is 1. The zero-order valence-electron chi connectivity index (χ0n) is 13.7. The van der Waals surface area contributed by atoms with Crippen LogP contribution >= 0.6 is 11.3 Å². The van der Waals surface area contributed by atoms with Gasteiger partial charge in [-0.25, -0.2) is 4.98 Å². The van der Waals surface area contributed by atoms with Crippen LogP contribution in [0.3, 0.4) is 0 Å². The maximum Gasteiger partial charge on any atom is 0.252 e. The molecule has 0 amide bonds. The second-order valence-corrected chi connectivity index (χ2v) is 6.66. The predicted octanol–water partition coefficient (Wildman–Crippen LogP) is 3.49. The van der Waals surface area contributed by atoms with E-state index in [0.29, 0.717) is 12.4 Å². The van der Waals surface area contributed by atoms with Gasteiger partial charge in [0.15, 0.2) is 0 Å². The number of nitrogens with zero attached hydrogens (tertiary/aromatic N) is 2. The molecule has 2 heterocycles. The zero-order chi connectivity index (χ0) is 16.8. The largest absolute Gasteiger partial charge is 0.345 e. The first-order chi connectivity index (χ1) is 11.7. The molecular formula is C19H21N3OS. The Labute approximate surface area is 145 Å². The molecule has 4 nitrogen and oxygen atoms in total. The molecule has 24 heavy (non-hydrogen) atoms. The number of hydrogen-bond acceptors (Lipinski definition) is 4. The topological polar surface area (TPSA) is 49.0 Å². The van der Waals surface area contributed by atoms with Crippen molar-refractivity contribution in [3.8, 4) is 0 Å². The Kier molecular flexibility index (Phi) is 5.43. The van der Waals surface area contributed by atoms with Crippen LogP contribution in [0.25, 0.3) is 0 Å². The number of anilines is 1. The van der Waals surface area contributed by atoms with Gasteiger partial charge in [-0.3, -0.25) is 9.78 Å². The van der Waals surface area contributed by atoms with E-state index in [0.717, 1.165) is 25.1 Å². The molecule has 0 bridgehead atoms. The van der Waals surface area contributed by atoms with E-state index in [9.17, 15) is 4.79 Å². The Morgan fingerprint density at radius 1 is 1.17 bits per heavy atom. The van der Waals surface area contributed by atoms with Gasteiger partial charge in [-0.1, -0.05) is 30.3 Å². The fraction of sp³-hybridized carbons (Fsp3) is 0.263. The summed E-state index contributed by atoms with van der Waals surface area (Å²) in [7, 11) is 1.97. The van der Waals surface area contributed by atoms with Crippen LogP contribution in [0.4, 0.5) is 5.95 Å². The smallest absolute Gasteiger partial charge is 0.252 e.